The lowest BCUT2D eigenvalue weighted by Crippen LogP contribution is -2.41. The average Bonchev–Trinajstić information content (AvgIpc) is 2.81. The highest BCUT2D eigenvalue weighted by molar-refractivity contribution is 7.92. The molecule has 202 valence electrons. The van der Waals surface area contributed by atoms with Crippen molar-refractivity contribution in [3.63, 3.8) is 0 Å². The molecule has 0 unspecified atom stereocenters. The van der Waals surface area contributed by atoms with Gasteiger partial charge in [-0.2, -0.15) is 21.6 Å². The van der Waals surface area contributed by atoms with E-state index in [1.165, 1.54) is 12.1 Å². The number of rotatable bonds is 10. The quantitative estimate of drug-likeness (QED) is 0.334. The molecule has 1 aliphatic rings. The lowest BCUT2D eigenvalue weighted by molar-refractivity contribution is -0.161. The number of hydrogen-bond acceptors (Lipinski definition) is 6. The molecular formula is C26H31F3N2O5S. The predicted octanol–water partition coefficient (Wildman–Crippen LogP) is 6.49. The number of halogens is 3. The summed E-state index contributed by atoms with van der Waals surface area (Å²) in [6.07, 6.45) is -0.497. The lowest BCUT2D eigenvalue weighted by atomic mass is 9.80. The van der Waals surface area contributed by atoms with Crippen molar-refractivity contribution in [1.82, 2.24) is 4.98 Å². The molecule has 1 aliphatic heterocycles. The van der Waals surface area contributed by atoms with Crippen molar-refractivity contribution < 1.29 is 36.2 Å². The molecule has 1 aromatic carbocycles. The molecule has 2 aromatic rings. The second kappa shape index (κ2) is 11.1. The van der Waals surface area contributed by atoms with Crippen LogP contribution >= 0.6 is 0 Å². The Morgan fingerprint density at radius 2 is 1.81 bits per heavy atom. The van der Waals surface area contributed by atoms with Gasteiger partial charge in [0.25, 0.3) is 10.0 Å². The zero-order chi connectivity index (χ0) is 27.4. The van der Waals surface area contributed by atoms with E-state index in [9.17, 15) is 31.5 Å². The SMILES string of the molecule is CCCC1(CCC)CC(O)=C([C@H](CC)c2cccc(NS(=O)(=O)c3cc(C(F)(F)F)ccn3)c2)C(=O)O1. The highest BCUT2D eigenvalue weighted by atomic mass is 32.2. The molecule has 0 radical (unpaired) electrons. The molecule has 1 atom stereocenters. The van der Waals surface area contributed by atoms with Crippen molar-refractivity contribution in [1.29, 1.82) is 0 Å². The maximum atomic E-state index is 13.1. The van der Waals surface area contributed by atoms with E-state index < -0.39 is 44.3 Å². The molecule has 0 saturated heterocycles. The first kappa shape index (κ1) is 28.5. The van der Waals surface area contributed by atoms with Crippen LogP contribution < -0.4 is 4.72 Å². The van der Waals surface area contributed by atoms with Gasteiger partial charge in [0.05, 0.1) is 11.1 Å². The summed E-state index contributed by atoms with van der Waals surface area (Å²) in [5.74, 6) is -1.22. The molecule has 0 saturated carbocycles. The van der Waals surface area contributed by atoms with Gasteiger partial charge >= 0.3 is 12.1 Å². The number of aliphatic hydroxyl groups is 1. The van der Waals surface area contributed by atoms with E-state index in [2.05, 4.69) is 9.71 Å². The number of anilines is 1. The summed E-state index contributed by atoms with van der Waals surface area (Å²) < 4.78 is 72.8. The number of sulfonamides is 1. The standard InChI is InChI=1S/C26H31F3N2O5S/c1-4-11-25(12-5-2)16-21(32)23(24(33)36-25)20(6-3)17-8-7-9-19(14-17)31-37(34,35)22-15-18(10-13-30-22)26(27,28)29/h7-10,13-15,20,31-32H,4-6,11-12,16H2,1-3H3/t20-/m1/s1. The molecule has 0 aliphatic carbocycles. The summed E-state index contributed by atoms with van der Waals surface area (Å²) in [5.41, 5.74) is -1.14. The molecule has 1 aromatic heterocycles. The number of aromatic nitrogens is 1. The Hall–Kier alpha value is -3.08. The largest absolute Gasteiger partial charge is 0.512 e. The van der Waals surface area contributed by atoms with Crippen LogP contribution in [-0.2, 0) is 25.7 Å². The normalized spacial score (nSPS) is 16.9. The Morgan fingerprint density at radius 3 is 2.38 bits per heavy atom. The lowest BCUT2D eigenvalue weighted by Gasteiger charge is -2.38. The van der Waals surface area contributed by atoms with E-state index in [-0.39, 0.29) is 23.4 Å². The molecule has 11 heteroatoms. The Balaban J connectivity index is 1.92. The molecule has 7 nitrogen and oxygen atoms in total. The minimum absolute atomic E-state index is 0.0378. The van der Waals surface area contributed by atoms with Crippen LogP contribution in [0.15, 0.2) is 59.0 Å². The number of aliphatic hydroxyl groups excluding tert-OH is 1. The molecule has 0 bridgehead atoms. The molecule has 3 rings (SSSR count). The fourth-order valence-electron chi connectivity index (χ4n) is 4.83. The van der Waals surface area contributed by atoms with Gasteiger partial charge in [-0.3, -0.25) is 4.72 Å². The van der Waals surface area contributed by atoms with Crippen molar-refractivity contribution in [3.8, 4) is 0 Å². The summed E-state index contributed by atoms with van der Waals surface area (Å²) >= 11 is 0. The molecule has 0 amide bonds. The minimum Gasteiger partial charge on any atom is -0.512 e. The minimum atomic E-state index is -4.72. The topological polar surface area (TPSA) is 106 Å². The molecule has 0 spiro atoms. The third kappa shape index (κ3) is 6.44. The van der Waals surface area contributed by atoms with E-state index in [1.807, 2.05) is 20.8 Å². The molecule has 2 heterocycles. The van der Waals surface area contributed by atoms with Crippen molar-refractivity contribution >= 4 is 21.7 Å². The number of alkyl halides is 3. The van der Waals surface area contributed by atoms with Crippen LogP contribution in [0.2, 0.25) is 0 Å². The number of cyclic esters (lactones) is 1. The number of hydrogen-bond donors (Lipinski definition) is 2. The van der Waals surface area contributed by atoms with Gasteiger partial charge < -0.3 is 9.84 Å². The van der Waals surface area contributed by atoms with Gasteiger partial charge in [0.1, 0.15) is 11.4 Å². The first-order valence-corrected chi connectivity index (χ1v) is 13.7. The fourth-order valence-corrected chi connectivity index (χ4v) is 5.85. The van der Waals surface area contributed by atoms with Crippen molar-refractivity contribution in [3.05, 3.63) is 65.1 Å². The van der Waals surface area contributed by atoms with Gasteiger partial charge in [0, 0.05) is 24.2 Å². The number of pyridine rings is 1. The van der Waals surface area contributed by atoms with E-state index in [1.54, 1.807) is 12.1 Å². The summed E-state index contributed by atoms with van der Waals surface area (Å²) in [6, 6.07) is 7.29. The monoisotopic (exact) mass is 540 g/mol. The van der Waals surface area contributed by atoms with Crippen molar-refractivity contribution in [2.24, 2.45) is 0 Å². The first-order valence-electron chi connectivity index (χ1n) is 12.2. The van der Waals surface area contributed by atoms with Crippen molar-refractivity contribution in [2.45, 2.75) is 82.0 Å². The summed E-state index contributed by atoms with van der Waals surface area (Å²) in [6.45, 7) is 5.79. The zero-order valence-corrected chi connectivity index (χ0v) is 21.7. The second-order valence-electron chi connectivity index (χ2n) is 9.18. The van der Waals surface area contributed by atoms with Crippen LogP contribution in [0, 0.1) is 0 Å². The van der Waals surface area contributed by atoms with Crippen LogP contribution in [0.3, 0.4) is 0 Å². The molecule has 2 N–H and O–H groups in total. The van der Waals surface area contributed by atoms with E-state index in [4.69, 9.17) is 4.74 Å². The van der Waals surface area contributed by atoms with Crippen LogP contribution in [-0.4, -0.2) is 30.1 Å². The van der Waals surface area contributed by atoms with Crippen LogP contribution in [0.4, 0.5) is 18.9 Å². The number of nitrogens with one attached hydrogen (secondary N) is 1. The number of carbonyl (C=O) groups excluding carboxylic acids is 1. The van der Waals surface area contributed by atoms with Gasteiger partial charge in [-0.25, -0.2) is 9.78 Å². The van der Waals surface area contributed by atoms with Crippen LogP contribution in [0.1, 0.15) is 76.3 Å². The van der Waals surface area contributed by atoms with E-state index in [0.717, 1.165) is 19.0 Å². The molecule has 37 heavy (non-hydrogen) atoms. The predicted molar refractivity (Wildman–Crippen MR) is 132 cm³/mol. The first-order chi connectivity index (χ1) is 17.4. The molecule has 0 fully saturated rings. The zero-order valence-electron chi connectivity index (χ0n) is 20.9. The highest BCUT2D eigenvalue weighted by Gasteiger charge is 2.42. The van der Waals surface area contributed by atoms with Gasteiger partial charge in [0.15, 0.2) is 5.03 Å². The number of ether oxygens (including phenoxy) is 1. The number of esters is 1. The summed E-state index contributed by atoms with van der Waals surface area (Å²) in [4.78, 5) is 16.7. The van der Waals surface area contributed by atoms with Gasteiger partial charge in [-0.15, -0.1) is 0 Å². The third-order valence-corrected chi connectivity index (χ3v) is 7.65. The smallest absolute Gasteiger partial charge is 0.416 e. The number of carbonyl (C=O) groups is 1. The van der Waals surface area contributed by atoms with Crippen LogP contribution in [0.25, 0.3) is 0 Å². The number of nitrogens with zero attached hydrogens (tertiary/aromatic N) is 1. The van der Waals surface area contributed by atoms with E-state index >= 15 is 0 Å². The van der Waals surface area contributed by atoms with Gasteiger partial charge in [-0.1, -0.05) is 45.7 Å². The Bertz CT molecular complexity index is 1270. The van der Waals surface area contributed by atoms with Gasteiger partial charge in [0.2, 0.25) is 0 Å². The Kier molecular flexibility index (Phi) is 8.56. The highest BCUT2D eigenvalue weighted by Crippen LogP contribution is 2.42. The Labute approximate surface area is 214 Å². The number of benzene rings is 1. The maximum Gasteiger partial charge on any atom is 0.416 e. The fraction of sp³-hybridized carbons (Fsp3) is 0.462. The Morgan fingerprint density at radius 1 is 1.14 bits per heavy atom. The second-order valence-corrected chi connectivity index (χ2v) is 10.8. The summed E-state index contributed by atoms with van der Waals surface area (Å²) in [7, 11) is -4.43. The maximum absolute atomic E-state index is 13.1. The average molecular weight is 541 g/mol. The summed E-state index contributed by atoms with van der Waals surface area (Å²) in [5, 5.41) is 10.2. The van der Waals surface area contributed by atoms with E-state index in [0.29, 0.717) is 37.0 Å². The third-order valence-electron chi connectivity index (χ3n) is 6.38. The van der Waals surface area contributed by atoms with Crippen molar-refractivity contribution in [2.75, 3.05) is 4.72 Å². The van der Waals surface area contributed by atoms with Crippen LogP contribution in [0.5, 0.6) is 0 Å². The van der Waals surface area contributed by atoms with Gasteiger partial charge in [-0.05, 0) is 49.1 Å². The molecular weight excluding hydrogens is 509 g/mol.